The van der Waals surface area contributed by atoms with Crippen LogP contribution in [0.2, 0.25) is 0 Å². The largest absolute Gasteiger partial charge is 0.478 e. The van der Waals surface area contributed by atoms with Crippen LogP contribution in [0.25, 0.3) is 0 Å². The van der Waals surface area contributed by atoms with Crippen LogP contribution < -0.4 is 0 Å². The maximum Gasteiger partial charge on any atom is 0.416 e. The first kappa shape index (κ1) is 22.2. The van der Waals surface area contributed by atoms with Crippen LogP contribution in [0, 0.1) is 0 Å². The van der Waals surface area contributed by atoms with Gasteiger partial charge in [-0.2, -0.15) is 26.3 Å². The Morgan fingerprint density at radius 2 is 0.966 bits per heavy atom. The first-order chi connectivity index (χ1) is 13.0. The predicted molar refractivity (Wildman–Crippen MR) is 82.3 cm³/mol. The van der Waals surface area contributed by atoms with Crippen molar-refractivity contribution in [1.29, 1.82) is 0 Å². The third-order valence-corrected chi connectivity index (χ3v) is 5.29. The first-order valence-electron chi connectivity index (χ1n) is 7.20. The molecule has 0 heterocycles. The smallest absolute Gasteiger partial charge is 0.416 e. The van der Waals surface area contributed by atoms with Gasteiger partial charge in [0.05, 0.1) is 32.0 Å². The number of carboxylic acid groups (broad SMARTS) is 2. The number of carboxylic acids is 2. The number of rotatable bonds is 4. The number of halogens is 6. The van der Waals surface area contributed by atoms with Crippen LogP contribution >= 0.6 is 0 Å². The number of sulfone groups is 1. The van der Waals surface area contributed by atoms with Crippen LogP contribution in [-0.4, -0.2) is 30.6 Å². The van der Waals surface area contributed by atoms with Gasteiger partial charge in [-0.25, -0.2) is 18.0 Å². The van der Waals surface area contributed by atoms with Crippen molar-refractivity contribution in [3.63, 3.8) is 0 Å². The topological polar surface area (TPSA) is 109 Å². The molecule has 0 aromatic heterocycles. The van der Waals surface area contributed by atoms with Crippen molar-refractivity contribution in [2.24, 2.45) is 0 Å². The molecular formula is C16H8F6O6S. The minimum atomic E-state index is -5.16. The molecule has 0 amide bonds. The van der Waals surface area contributed by atoms with Crippen molar-refractivity contribution in [1.82, 2.24) is 0 Å². The molecular weight excluding hydrogens is 434 g/mol. The van der Waals surface area contributed by atoms with E-state index >= 15 is 0 Å². The zero-order chi connectivity index (χ0) is 22.4. The highest BCUT2D eigenvalue weighted by Crippen LogP contribution is 2.36. The fourth-order valence-corrected chi connectivity index (χ4v) is 3.62. The molecule has 0 radical (unpaired) electrons. The Hall–Kier alpha value is -3.09. The van der Waals surface area contributed by atoms with E-state index in [-0.39, 0.29) is 24.3 Å². The highest BCUT2D eigenvalue weighted by Gasteiger charge is 2.36. The van der Waals surface area contributed by atoms with Crippen molar-refractivity contribution >= 4 is 21.8 Å². The Bertz CT molecular complexity index is 1020. The van der Waals surface area contributed by atoms with E-state index in [1.165, 1.54) is 0 Å². The average Bonchev–Trinajstić information content (AvgIpc) is 2.59. The average molecular weight is 442 g/mol. The lowest BCUT2D eigenvalue weighted by atomic mass is 10.1. The van der Waals surface area contributed by atoms with Crippen LogP contribution in [-0.2, 0) is 22.2 Å². The molecule has 0 spiro atoms. The molecule has 0 aliphatic heterocycles. The van der Waals surface area contributed by atoms with Gasteiger partial charge in [0.25, 0.3) is 0 Å². The summed E-state index contributed by atoms with van der Waals surface area (Å²) in [4.78, 5) is 19.5. The SMILES string of the molecule is O=C(O)c1cc(C(F)(F)F)cc(S(=O)(=O)c2cc(C(=O)O)cc(C(F)(F)F)c2)c1. The number of hydrogen-bond donors (Lipinski definition) is 2. The van der Waals surface area contributed by atoms with Gasteiger partial charge >= 0.3 is 24.3 Å². The Morgan fingerprint density at radius 3 is 1.21 bits per heavy atom. The highest BCUT2D eigenvalue weighted by atomic mass is 32.2. The maximum absolute atomic E-state index is 13.0. The fraction of sp³-hybridized carbons (Fsp3) is 0.125. The van der Waals surface area contributed by atoms with E-state index in [4.69, 9.17) is 10.2 Å². The second kappa shape index (κ2) is 7.06. The van der Waals surface area contributed by atoms with Crippen LogP contribution in [0.5, 0.6) is 0 Å². The normalized spacial score (nSPS) is 12.6. The minimum Gasteiger partial charge on any atom is -0.478 e. The molecule has 0 bridgehead atoms. The van der Waals surface area contributed by atoms with E-state index in [2.05, 4.69) is 0 Å². The van der Waals surface area contributed by atoms with Gasteiger partial charge in [-0.3, -0.25) is 0 Å². The number of carbonyl (C=O) groups is 2. The van der Waals surface area contributed by atoms with Crippen molar-refractivity contribution in [3.05, 3.63) is 58.7 Å². The summed E-state index contributed by atoms with van der Waals surface area (Å²) in [6, 6.07) is 1.04. The van der Waals surface area contributed by atoms with Crippen LogP contribution in [0.15, 0.2) is 46.2 Å². The molecule has 13 heteroatoms. The lowest BCUT2D eigenvalue weighted by Crippen LogP contribution is -2.14. The second-order valence-corrected chi connectivity index (χ2v) is 7.55. The molecule has 6 nitrogen and oxygen atoms in total. The Balaban J connectivity index is 2.82. The van der Waals surface area contributed by atoms with E-state index in [1.807, 2.05) is 0 Å². The van der Waals surface area contributed by atoms with E-state index in [1.54, 1.807) is 0 Å². The van der Waals surface area contributed by atoms with E-state index in [9.17, 15) is 44.3 Å². The number of aromatic carboxylic acids is 2. The second-order valence-electron chi connectivity index (χ2n) is 5.60. The first-order valence-corrected chi connectivity index (χ1v) is 8.68. The molecule has 2 aromatic carbocycles. The quantitative estimate of drug-likeness (QED) is 0.695. The molecule has 0 atom stereocenters. The molecule has 0 saturated heterocycles. The van der Waals surface area contributed by atoms with Gasteiger partial charge in [0.2, 0.25) is 9.84 Å². The number of alkyl halides is 6. The lowest BCUT2D eigenvalue weighted by Gasteiger charge is -2.13. The molecule has 0 aliphatic carbocycles. The molecule has 2 rings (SSSR count). The minimum absolute atomic E-state index is 0.0441. The zero-order valence-electron chi connectivity index (χ0n) is 13.7. The van der Waals surface area contributed by atoms with Crippen molar-refractivity contribution in [2.45, 2.75) is 22.1 Å². The van der Waals surface area contributed by atoms with Crippen molar-refractivity contribution < 1.29 is 54.6 Å². The highest BCUT2D eigenvalue weighted by molar-refractivity contribution is 7.91. The standard InChI is InChI=1S/C16H8F6O6S/c17-15(18,19)9-1-7(13(23)24)3-11(5-9)29(27,28)12-4-8(14(25)26)2-10(6-12)16(20,21)22/h1-6H,(H,23,24)(H,25,26). The lowest BCUT2D eigenvalue weighted by molar-refractivity contribution is -0.138. The van der Waals surface area contributed by atoms with E-state index in [0.29, 0.717) is 12.1 Å². The summed E-state index contributed by atoms with van der Waals surface area (Å²) < 4.78 is 103. The predicted octanol–water partition coefficient (Wildman–Crippen LogP) is 3.95. The summed E-state index contributed by atoms with van der Waals surface area (Å²) in [5.41, 5.74) is -5.49. The molecule has 156 valence electrons. The van der Waals surface area contributed by atoms with E-state index < -0.39 is 66.2 Å². The van der Waals surface area contributed by atoms with Crippen LogP contribution in [0.4, 0.5) is 26.3 Å². The molecule has 0 fully saturated rings. The number of hydrogen-bond acceptors (Lipinski definition) is 4. The van der Waals surface area contributed by atoms with Crippen molar-refractivity contribution in [3.8, 4) is 0 Å². The third-order valence-electron chi connectivity index (χ3n) is 3.58. The van der Waals surface area contributed by atoms with Gasteiger partial charge in [-0.05, 0) is 36.4 Å². The third kappa shape index (κ3) is 4.67. The summed E-state index contributed by atoms with van der Waals surface area (Å²) in [5, 5.41) is 17.8. The van der Waals surface area contributed by atoms with Gasteiger partial charge in [0, 0.05) is 0 Å². The van der Waals surface area contributed by atoms with Gasteiger partial charge in [0.15, 0.2) is 0 Å². The monoisotopic (exact) mass is 442 g/mol. The summed E-state index contributed by atoms with van der Waals surface area (Å²) >= 11 is 0. The summed E-state index contributed by atoms with van der Waals surface area (Å²) in [6.07, 6.45) is -10.3. The molecule has 2 N–H and O–H groups in total. The molecule has 0 aliphatic rings. The molecule has 2 aromatic rings. The van der Waals surface area contributed by atoms with Gasteiger partial charge in [-0.1, -0.05) is 0 Å². The van der Waals surface area contributed by atoms with Gasteiger partial charge < -0.3 is 10.2 Å². The van der Waals surface area contributed by atoms with Crippen molar-refractivity contribution in [2.75, 3.05) is 0 Å². The van der Waals surface area contributed by atoms with Gasteiger partial charge in [0.1, 0.15) is 0 Å². The number of benzene rings is 2. The summed E-state index contributed by atoms with van der Waals surface area (Å²) in [5.74, 6) is -3.83. The fourth-order valence-electron chi connectivity index (χ4n) is 2.22. The van der Waals surface area contributed by atoms with Gasteiger partial charge in [-0.15, -0.1) is 0 Å². The Kier molecular flexibility index (Phi) is 5.41. The summed E-state index contributed by atoms with van der Waals surface area (Å²) in [7, 11) is -5.14. The Morgan fingerprint density at radius 1 is 0.655 bits per heavy atom. The summed E-state index contributed by atoms with van der Waals surface area (Å²) in [6.45, 7) is 0. The van der Waals surface area contributed by atoms with Crippen LogP contribution in [0.3, 0.4) is 0 Å². The molecule has 0 saturated carbocycles. The molecule has 0 unspecified atom stereocenters. The molecule has 29 heavy (non-hydrogen) atoms. The van der Waals surface area contributed by atoms with Crippen LogP contribution in [0.1, 0.15) is 31.8 Å². The maximum atomic E-state index is 13.0. The van der Waals surface area contributed by atoms with E-state index in [0.717, 1.165) is 0 Å². The zero-order valence-corrected chi connectivity index (χ0v) is 14.5. The Labute approximate surface area is 157 Å².